The highest BCUT2D eigenvalue weighted by Gasteiger charge is 2.08. The molecule has 2 rings (SSSR count). The molecule has 0 unspecified atom stereocenters. The number of benzene rings is 1. The first kappa shape index (κ1) is 14.3. The summed E-state index contributed by atoms with van der Waals surface area (Å²) in [7, 11) is 0. The van der Waals surface area contributed by atoms with Gasteiger partial charge in [0.15, 0.2) is 5.78 Å². The molecule has 104 valence electrons. The van der Waals surface area contributed by atoms with E-state index in [4.69, 9.17) is 4.74 Å². The van der Waals surface area contributed by atoms with Gasteiger partial charge >= 0.3 is 0 Å². The maximum absolute atomic E-state index is 11.4. The maximum atomic E-state index is 11.4. The molecule has 0 saturated heterocycles. The van der Waals surface area contributed by atoms with E-state index >= 15 is 0 Å². The van der Waals surface area contributed by atoms with Crippen LogP contribution in [-0.2, 0) is 0 Å². The highest BCUT2D eigenvalue weighted by molar-refractivity contribution is 5.95. The van der Waals surface area contributed by atoms with E-state index in [9.17, 15) is 4.79 Å². The number of nitrogens with zero attached hydrogens (tertiary/aromatic N) is 1. The fourth-order valence-corrected chi connectivity index (χ4v) is 2.06. The van der Waals surface area contributed by atoms with Gasteiger partial charge in [0.1, 0.15) is 5.75 Å². The third-order valence-electron chi connectivity index (χ3n) is 3.07. The second-order valence-electron chi connectivity index (χ2n) is 4.76. The van der Waals surface area contributed by atoms with Crippen molar-refractivity contribution in [3.05, 3.63) is 47.7 Å². The summed E-state index contributed by atoms with van der Waals surface area (Å²) in [6.07, 6.45) is 0.981. The van der Waals surface area contributed by atoms with Crippen molar-refractivity contribution >= 4 is 5.78 Å². The Hall–Kier alpha value is -2.16. The standard InChI is InChI=1S/C17H19NO2/c1-4-10-20-15-7-5-6-14(11-15)17-9-8-16(13(3)19)12(2)18-17/h5-9,11H,4,10H2,1-3H3. The van der Waals surface area contributed by atoms with Gasteiger partial charge in [-0.2, -0.15) is 0 Å². The van der Waals surface area contributed by atoms with E-state index in [-0.39, 0.29) is 5.78 Å². The van der Waals surface area contributed by atoms with E-state index in [1.807, 2.05) is 43.3 Å². The van der Waals surface area contributed by atoms with Crippen molar-refractivity contribution in [2.75, 3.05) is 6.61 Å². The van der Waals surface area contributed by atoms with E-state index in [1.54, 1.807) is 6.92 Å². The highest BCUT2D eigenvalue weighted by atomic mass is 16.5. The van der Waals surface area contributed by atoms with Crippen molar-refractivity contribution in [3.63, 3.8) is 0 Å². The van der Waals surface area contributed by atoms with E-state index in [0.717, 1.165) is 29.1 Å². The van der Waals surface area contributed by atoms with Crippen LogP contribution in [0.25, 0.3) is 11.3 Å². The van der Waals surface area contributed by atoms with E-state index in [1.165, 1.54) is 0 Å². The molecule has 0 atom stereocenters. The van der Waals surface area contributed by atoms with Gasteiger partial charge in [-0.05, 0) is 44.5 Å². The molecular weight excluding hydrogens is 250 g/mol. The van der Waals surface area contributed by atoms with E-state index < -0.39 is 0 Å². The quantitative estimate of drug-likeness (QED) is 0.769. The highest BCUT2D eigenvalue weighted by Crippen LogP contribution is 2.23. The number of aromatic nitrogens is 1. The Labute approximate surface area is 119 Å². The second kappa shape index (κ2) is 6.33. The summed E-state index contributed by atoms with van der Waals surface area (Å²) < 4.78 is 5.63. The molecular formula is C17H19NO2. The molecule has 3 nitrogen and oxygen atoms in total. The van der Waals surface area contributed by atoms with Gasteiger partial charge in [0.05, 0.1) is 12.3 Å². The fraction of sp³-hybridized carbons (Fsp3) is 0.294. The van der Waals surface area contributed by atoms with Crippen molar-refractivity contribution in [2.45, 2.75) is 27.2 Å². The summed E-state index contributed by atoms with van der Waals surface area (Å²) in [5.74, 6) is 0.890. The molecule has 0 radical (unpaired) electrons. The second-order valence-corrected chi connectivity index (χ2v) is 4.76. The van der Waals surface area contributed by atoms with Crippen LogP contribution < -0.4 is 4.74 Å². The number of pyridine rings is 1. The topological polar surface area (TPSA) is 39.2 Å². The number of hydrogen-bond acceptors (Lipinski definition) is 3. The number of carbonyl (C=O) groups excluding carboxylic acids is 1. The van der Waals surface area contributed by atoms with Crippen molar-refractivity contribution in [1.82, 2.24) is 4.98 Å². The predicted molar refractivity (Wildman–Crippen MR) is 80.2 cm³/mol. The zero-order chi connectivity index (χ0) is 14.5. The van der Waals surface area contributed by atoms with Gasteiger partial charge in [0, 0.05) is 16.8 Å². The van der Waals surface area contributed by atoms with Crippen LogP contribution in [0.1, 0.15) is 36.3 Å². The lowest BCUT2D eigenvalue weighted by molar-refractivity contribution is 0.101. The maximum Gasteiger partial charge on any atom is 0.161 e. The SMILES string of the molecule is CCCOc1cccc(-c2ccc(C(C)=O)c(C)n2)c1. The molecule has 20 heavy (non-hydrogen) atoms. The third kappa shape index (κ3) is 3.23. The average molecular weight is 269 g/mol. The van der Waals surface area contributed by atoms with Crippen LogP contribution in [-0.4, -0.2) is 17.4 Å². The van der Waals surface area contributed by atoms with Gasteiger partial charge in [-0.1, -0.05) is 19.1 Å². The summed E-state index contributed by atoms with van der Waals surface area (Å²) in [4.78, 5) is 15.9. The van der Waals surface area contributed by atoms with Crippen molar-refractivity contribution in [2.24, 2.45) is 0 Å². The molecule has 0 N–H and O–H groups in total. The Morgan fingerprint density at radius 3 is 2.70 bits per heavy atom. The molecule has 0 aliphatic carbocycles. The van der Waals surface area contributed by atoms with E-state index in [0.29, 0.717) is 12.2 Å². The van der Waals surface area contributed by atoms with Crippen molar-refractivity contribution < 1.29 is 9.53 Å². The van der Waals surface area contributed by atoms with Crippen molar-refractivity contribution in [3.8, 4) is 17.0 Å². The lowest BCUT2D eigenvalue weighted by Gasteiger charge is -2.08. The number of ether oxygens (including phenoxy) is 1. The average Bonchev–Trinajstić information content (AvgIpc) is 2.45. The normalized spacial score (nSPS) is 10.3. The van der Waals surface area contributed by atoms with Crippen LogP contribution in [0.4, 0.5) is 0 Å². The summed E-state index contributed by atoms with van der Waals surface area (Å²) in [6.45, 7) is 6.20. The van der Waals surface area contributed by atoms with Crippen LogP contribution in [0.5, 0.6) is 5.75 Å². The third-order valence-corrected chi connectivity index (χ3v) is 3.07. The van der Waals surface area contributed by atoms with Crippen LogP contribution in [0.2, 0.25) is 0 Å². The fourth-order valence-electron chi connectivity index (χ4n) is 2.06. The zero-order valence-corrected chi connectivity index (χ0v) is 12.1. The van der Waals surface area contributed by atoms with Crippen LogP contribution in [0.15, 0.2) is 36.4 Å². The summed E-state index contributed by atoms with van der Waals surface area (Å²) in [5.41, 5.74) is 3.29. The van der Waals surface area contributed by atoms with Gasteiger partial charge < -0.3 is 4.74 Å². The summed E-state index contributed by atoms with van der Waals surface area (Å²) in [5, 5.41) is 0. The summed E-state index contributed by atoms with van der Waals surface area (Å²) >= 11 is 0. The molecule has 2 aromatic rings. The number of carbonyl (C=O) groups is 1. The number of ketones is 1. The largest absolute Gasteiger partial charge is 0.494 e. The van der Waals surface area contributed by atoms with Crippen LogP contribution in [0.3, 0.4) is 0 Å². The van der Waals surface area contributed by atoms with Gasteiger partial charge in [-0.15, -0.1) is 0 Å². The molecule has 3 heteroatoms. The number of hydrogen-bond donors (Lipinski definition) is 0. The van der Waals surface area contributed by atoms with Gasteiger partial charge in [0.2, 0.25) is 0 Å². The molecule has 0 bridgehead atoms. The molecule has 0 fully saturated rings. The molecule has 0 spiro atoms. The molecule has 0 saturated carbocycles. The molecule has 1 heterocycles. The first-order valence-electron chi connectivity index (χ1n) is 6.83. The smallest absolute Gasteiger partial charge is 0.161 e. The number of Topliss-reactive ketones (excluding diaryl/α,β-unsaturated/α-hetero) is 1. The first-order valence-corrected chi connectivity index (χ1v) is 6.83. The predicted octanol–water partition coefficient (Wildman–Crippen LogP) is 4.05. The molecule has 1 aromatic carbocycles. The zero-order valence-electron chi connectivity index (χ0n) is 12.1. The molecule has 1 aromatic heterocycles. The van der Waals surface area contributed by atoms with Gasteiger partial charge in [-0.25, -0.2) is 0 Å². The molecule has 0 amide bonds. The minimum Gasteiger partial charge on any atom is -0.494 e. The Morgan fingerprint density at radius 2 is 2.05 bits per heavy atom. The lowest BCUT2D eigenvalue weighted by Crippen LogP contribution is -2.00. The molecule has 0 aliphatic rings. The van der Waals surface area contributed by atoms with Gasteiger partial charge in [0.25, 0.3) is 0 Å². The summed E-state index contributed by atoms with van der Waals surface area (Å²) in [6, 6.07) is 11.6. The van der Waals surface area contributed by atoms with Crippen LogP contribution >= 0.6 is 0 Å². The minimum atomic E-state index is 0.0431. The Morgan fingerprint density at radius 1 is 1.25 bits per heavy atom. The Bertz CT molecular complexity index is 620. The van der Waals surface area contributed by atoms with Crippen molar-refractivity contribution in [1.29, 1.82) is 0 Å². The lowest BCUT2D eigenvalue weighted by atomic mass is 10.1. The van der Waals surface area contributed by atoms with E-state index in [2.05, 4.69) is 11.9 Å². The monoisotopic (exact) mass is 269 g/mol. The van der Waals surface area contributed by atoms with Crippen LogP contribution in [0, 0.1) is 6.92 Å². The molecule has 0 aliphatic heterocycles. The number of rotatable bonds is 5. The number of aryl methyl sites for hydroxylation is 1. The Balaban J connectivity index is 2.31. The minimum absolute atomic E-state index is 0.0431. The Kier molecular flexibility index (Phi) is 4.51. The van der Waals surface area contributed by atoms with Gasteiger partial charge in [-0.3, -0.25) is 9.78 Å². The first-order chi connectivity index (χ1) is 9.61.